The molecule has 206 valence electrons. The summed E-state index contributed by atoms with van der Waals surface area (Å²) in [4.78, 5) is 27.8. The summed E-state index contributed by atoms with van der Waals surface area (Å²) in [5, 5.41) is 9.86. The lowest BCUT2D eigenvalue weighted by Crippen LogP contribution is -2.22. The number of alkyl halides is 6. The highest BCUT2D eigenvalue weighted by Crippen LogP contribution is 2.37. The normalized spacial score (nSPS) is 16.3. The van der Waals surface area contributed by atoms with E-state index in [9.17, 15) is 35.9 Å². The summed E-state index contributed by atoms with van der Waals surface area (Å²) in [6, 6.07) is 6.62. The molecular formula is C25H21F6N5O2S. The Hall–Kier alpha value is -3.81. The van der Waals surface area contributed by atoms with Crippen molar-refractivity contribution in [2.45, 2.75) is 32.2 Å². The summed E-state index contributed by atoms with van der Waals surface area (Å²) >= 11 is 0.959. The van der Waals surface area contributed by atoms with Crippen molar-refractivity contribution in [2.24, 2.45) is 4.99 Å². The van der Waals surface area contributed by atoms with Gasteiger partial charge in [-0.2, -0.15) is 31.4 Å². The summed E-state index contributed by atoms with van der Waals surface area (Å²) in [7, 11) is 0. The Kier molecular flexibility index (Phi) is 8.04. The third-order valence-corrected chi connectivity index (χ3v) is 6.40. The van der Waals surface area contributed by atoms with Gasteiger partial charge in [-0.05, 0) is 59.7 Å². The quantitative estimate of drug-likeness (QED) is 0.276. The minimum Gasteiger partial charge on any atom is -0.356 e. The molecule has 0 radical (unpaired) electrons. The predicted molar refractivity (Wildman–Crippen MR) is 135 cm³/mol. The number of fused-ring (bicyclic) bond motifs is 1. The fraction of sp³-hybridized carbons (Fsp3) is 0.280. The molecule has 7 nitrogen and oxygen atoms in total. The molecule has 1 aliphatic heterocycles. The van der Waals surface area contributed by atoms with Gasteiger partial charge in [0, 0.05) is 31.6 Å². The van der Waals surface area contributed by atoms with Crippen molar-refractivity contribution in [3.8, 4) is 0 Å². The fourth-order valence-electron chi connectivity index (χ4n) is 3.83. The van der Waals surface area contributed by atoms with Gasteiger partial charge in [-0.25, -0.2) is 0 Å². The Morgan fingerprint density at radius 3 is 2.59 bits per heavy atom. The van der Waals surface area contributed by atoms with Gasteiger partial charge in [-0.3, -0.25) is 19.3 Å². The van der Waals surface area contributed by atoms with Crippen molar-refractivity contribution < 1.29 is 35.9 Å². The van der Waals surface area contributed by atoms with Crippen LogP contribution >= 0.6 is 11.8 Å². The lowest BCUT2D eigenvalue weighted by atomic mass is 10.0. The number of aromatic nitrogens is 2. The Balaban J connectivity index is 1.55. The molecule has 2 aromatic carbocycles. The maximum atomic E-state index is 13.5. The number of benzene rings is 2. The number of thioether (sulfide) groups is 1. The van der Waals surface area contributed by atoms with Crippen molar-refractivity contribution in [3.05, 3.63) is 69.8 Å². The van der Waals surface area contributed by atoms with Crippen LogP contribution in [0.3, 0.4) is 0 Å². The first kappa shape index (κ1) is 28.2. The first-order chi connectivity index (χ1) is 18.3. The van der Waals surface area contributed by atoms with Gasteiger partial charge in [-0.1, -0.05) is 12.1 Å². The third-order valence-electron chi connectivity index (χ3n) is 5.58. The maximum absolute atomic E-state index is 13.5. The van der Waals surface area contributed by atoms with Crippen molar-refractivity contribution in [1.29, 1.82) is 0 Å². The molecule has 0 bridgehead atoms. The van der Waals surface area contributed by atoms with E-state index < -0.39 is 23.5 Å². The van der Waals surface area contributed by atoms with Crippen LogP contribution in [0.25, 0.3) is 17.0 Å². The highest BCUT2D eigenvalue weighted by molar-refractivity contribution is 8.18. The van der Waals surface area contributed by atoms with Gasteiger partial charge < -0.3 is 10.6 Å². The van der Waals surface area contributed by atoms with E-state index in [0.717, 1.165) is 17.8 Å². The van der Waals surface area contributed by atoms with Crippen molar-refractivity contribution >= 4 is 45.7 Å². The average molecular weight is 570 g/mol. The SMILES string of the molecule is CC(=O)NCCCN=C1NC(=O)S/C1=C\c1ccc2nn(Cc3ccc(C(F)(F)F)cc3C(F)(F)F)cc2c1. The van der Waals surface area contributed by atoms with Gasteiger partial charge in [0.2, 0.25) is 5.91 Å². The molecule has 1 aliphatic rings. The first-order valence-corrected chi connectivity index (χ1v) is 12.4. The van der Waals surface area contributed by atoms with Crippen LogP contribution in [-0.2, 0) is 23.7 Å². The zero-order chi connectivity index (χ0) is 28.4. The third kappa shape index (κ3) is 7.19. The van der Waals surface area contributed by atoms with Crippen molar-refractivity contribution in [2.75, 3.05) is 13.1 Å². The Labute approximate surface area is 222 Å². The van der Waals surface area contributed by atoms with E-state index in [1.54, 1.807) is 24.3 Å². The van der Waals surface area contributed by atoms with E-state index in [1.807, 2.05) is 0 Å². The molecule has 2 amide bonds. The molecule has 0 spiro atoms. The topological polar surface area (TPSA) is 88.4 Å². The van der Waals surface area contributed by atoms with Crippen LogP contribution in [0.2, 0.25) is 0 Å². The fourth-order valence-corrected chi connectivity index (χ4v) is 4.58. The second kappa shape index (κ2) is 11.1. The summed E-state index contributed by atoms with van der Waals surface area (Å²) in [5.41, 5.74) is -1.95. The summed E-state index contributed by atoms with van der Waals surface area (Å²) in [5.74, 6) is 0.248. The number of rotatable bonds is 7. The second-order valence-electron chi connectivity index (χ2n) is 8.60. The van der Waals surface area contributed by atoms with E-state index in [-0.39, 0.29) is 29.3 Å². The smallest absolute Gasteiger partial charge is 0.356 e. The van der Waals surface area contributed by atoms with E-state index >= 15 is 0 Å². The molecule has 0 unspecified atom stereocenters. The molecule has 0 aliphatic carbocycles. The van der Waals surface area contributed by atoms with Crippen LogP contribution in [-0.4, -0.2) is 39.9 Å². The lowest BCUT2D eigenvalue weighted by Gasteiger charge is -2.16. The zero-order valence-electron chi connectivity index (χ0n) is 20.3. The molecule has 0 atom stereocenters. The molecule has 1 aromatic heterocycles. The van der Waals surface area contributed by atoms with Crippen molar-refractivity contribution in [3.63, 3.8) is 0 Å². The number of halogens is 6. The number of aliphatic imine (C=N–C) groups is 1. The van der Waals surface area contributed by atoms with E-state index in [1.165, 1.54) is 17.8 Å². The van der Waals surface area contributed by atoms with E-state index in [0.29, 0.717) is 52.8 Å². The van der Waals surface area contributed by atoms with Crippen LogP contribution in [0.15, 0.2) is 52.5 Å². The van der Waals surface area contributed by atoms with Gasteiger partial charge in [-0.15, -0.1) is 0 Å². The molecule has 0 saturated carbocycles. The van der Waals surface area contributed by atoms with Crippen LogP contribution in [0, 0.1) is 0 Å². The number of carbonyl (C=O) groups excluding carboxylic acids is 2. The van der Waals surface area contributed by atoms with Crippen LogP contribution in [0.5, 0.6) is 0 Å². The number of carbonyl (C=O) groups is 2. The average Bonchev–Trinajstić information content (AvgIpc) is 3.39. The molecule has 1 saturated heterocycles. The maximum Gasteiger partial charge on any atom is 0.416 e. The second-order valence-corrected chi connectivity index (χ2v) is 9.62. The summed E-state index contributed by atoms with van der Waals surface area (Å²) in [6.07, 6.45) is -6.08. The van der Waals surface area contributed by atoms with Crippen LogP contribution < -0.4 is 10.6 Å². The van der Waals surface area contributed by atoms with Gasteiger partial charge in [0.1, 0.15) is 5.84 Å². The highest BCUT2D eigenvalue weighted by atomic mass is 32.2. The molecule has 3 aromatic rings. The summed E-state index contributed by atoms with van der Waals surface area (Å²) in [6.45, 7) is 1.85. The molecule has 2 heterocycles. The van der Waals surface area contributed by atoms with Gasteiger partial charge >= 0.3 is 12.4 Å². The molecule has 1 fully saturated rings. The van der Waals surface area contributed by atoms with Crippen molar-refractivity contribution in [1.82, 2.24) is 20.4 Å². The van der Waals surface area contributed by atoms with Gasteiger partial charge in [0.25, 0.3) is 5.24 Å². The molecule has 4 rings (SSSR count). The minimum atomic E-state index is -4.98. The Bertz CT molecular complexity index is 1480. The highest BCUT2D eigenvalue weighted by Gasteiger charge is 2.38. The predicted octanol–water partition coefficient (Wildman–Crippen LogP) is 5.84. The number of amides is 2. The first-order valence-electron chi connectivity index (χ1n) is 11.5. The minimum absolute atomic E-state index is 0.108. The zero-order valence-corrected chi connectivity index (χ0v) is 21.1. The molecule has 2 N–H and O–H groups in total. The monoisotopic (exact) mass is 569 g/mol. The van der Waals surface area contributed by atoms with Gasteiger partial charge in [0.15, 0.2) is 0 Å². The van der Waals surface area contributed by atoms with E-state index in [2.05, 4.69) is 20.7 Å². The van der Waals surface area contributed by atoms with Gasteiger partial charge in [0.05, 0.1) is 28.1 Å². The molecule has 39 heavy (non-hydrogen) atoms. The standard InChI is InChI=1S/C25H21F6N5O2S/c1-14(37)32-7-2-8-33-22-21(39-23(38)34-22)10-15-3-6-20-17(9-15)13-36(35-20)12-16-4-5-18(24(26,27)28)11-19(16)25(29,30)31/h3-6,9-11,13H,2,7-8,12H2,1H3,(H,32,37)(H,33,34,38)/b21-10-. The Morgan fingerprint density at radius 1 is 1.13 bits per heavy atom. The number of amidine groups is 1. The molecule has 14 heteroatoms. The van der Waals surface area contributed by atoms with Crippen LogP contribution in [0.1, 0.15) is 35.6 Å². The van der Waals surface area contributed by atoms with Crippen LogP contribution in [0.4, 0.5) is 31.1 Å². The lowest BCUT2D eigenvalue weighted by molar-refractivity contribution is -0.143. The Morgan fingerprint density at radius 2 is 1.90 bits per heavy atom. The molecular weight excluding hydrogens is 548 g/mol. The number of hydrogen-bond donors (Lipinski definition) is 2. The number of nitrogens with zero attached hydrogens (tertiary/aromatic N) is 3. The summed E-state index contributed by atoms with van der Waals surface area (Å²) < 4.78 is 80.7. The largest absolute Gasteiger partial charge is 0.416 e. The number of nitrogens with one attached hydrogen (secondary N) is 2. The number of hydrogen-bond acceptors (Lipinski definition) is 5. The van der Waals surface area contributed by atoms with E-state index in [4.69, 9.17) is 0 Å².